The highest BCUT2D eigenvalue weighted by atomic mass is 28.3. The van der Waals surface area contributed by atoms with Crippen LogP contribution in [-0.2, 0) is 14.2 Å². The van der Waals surface area contributed by atoms with Crippen LogP contribution in [0.2, 0.25) is 18.1 Å². The van der Waals surface area contributed by atoms with E-state index in [2.05, 4.69) is 32.2 Å². The van der Waals surface area contributed by atoms with Gasteiger partial charge in [-0.05, 0) is 38.4 Å². The van der Waals surface area contributed by atoms with Gasteiger partial charge in [-0.15, -0.1) is 5.54 Å². The largest absolute Gasteiger partial charge is 0.386 e. The lowest BCUT2D eigenvalue weighted by molar-refractivity contribution is -0.228. The number of rotatable bonds is 4. The van der Waals surface area contributed by atoms with E-state index in [1.165, 1.54) is 0 Å². The first-order chi connectivity index (χ1) is 10.3. The monoisotopic (exact) mass is 326 g/mol. The number of aliphatic hydroxyl groups is 1. The second kappa shape index (κ2) is 6.25. The van der Waals surface area contributed by atoms with Gasteiger partial charge in [-0.3, -0.25) is 0 Å². The van der Waals surface area contributed by atoms with Gasteiger partial charge in [0.15, 0.2) is 17.7 Å². The number of fused-ring (bicyclic) bond motifs is 1. The molecule has 2 heterocycles. The molecule has 0 aliphatic carbocycles. The Kier molecular flexibility index (Phi) is 5.11. The van der Waals surface area contributed by atoms with Crippen LogP contribution in [0.25, 0.3) is 0 Å². The van der Waals surface area contributed by atoms with Crippen LogP contribution in [0.4, 0.5) is 0 Å². The van der Waals surface area contributed by atoms with Crippen LogP contribution in [0, 0.1) is 11.5 Å². The van der Waals surface area contributed by atoms with Gasteiger partial charge < -0.3 is 19.3 Å². The molecule has 1 N–H and O–H groups in total. The molecule has 2 aliphatic heterocycles. The molecular formula is C17H30O4Si. The first-order valence-corrected chi connectivity index (χ1v) is 11.1. The van der Waals surface area contributed by atoms with Gasteiger partial charge in [-0.2, -0.15) is 0 Å². The molecular weight excluding hydrogens is 296 g/mol. The van der Waals surface area contributed by atoms with E-state index >= 15 is 0 Å². The lowest BCUT2D eigenvalue weighted by Gasteiger charge is -2.30. The smallest absolute Gasteiger partial charge is 0.191 e. The molecule has 0 saturated carbocycles. The maximum absolute atomic E-state index is 10.7. The molecule has 0 aromatic heterocycles. The number of aliphatic hydroxyl groups excluding tert-OH is 1. The summed E-state index contributed by atoms with van der Waals surface area (Å²) in [6.45, 7) is 12.3. The molecule has 126 valence electrons. The van der Waals surface area contributed by atoms with Gasteiger partial charge in [0.1, 0.15) is 20.3 Å². The van der Waals surface area contributed by atoms with Crippen molar-refractivity contribution >= 4 is 8.07 Å². The molecule has 4 nitrogen and oxygen atoms in total. The van der Waals surface area contributed by atoms with Gasteiger partial charge in [-0.25, -0.2) is 0 Å². The Morgan fingerprint density at radius 3 is 2.05 bits per heavy atom. The second-order valence-corrected chi connectivity index (χ2v) is 11.8. The summed E-state index contributed by atoms with van der Waals surface area (Å²) in [4.78, 5) is 0. The zero-order valence-corrected chi connectivity index (χ0v) is 15.7. The first-order valence-electron chi connectivity index (χ1n) is 8.53. The molecule has 22 heavy (non-hydrogen) atoms. The predicted octanol–water partition coefficient (Wildman–Crippen LogP) is 3.06. The highest BCUT2D eigenvalue weighted by Gasteiger charge is 2.60. The number of ether oxygens (including phenoxy) is 3. The Morgan fingerprint density at radius 2 is 1.59 bits per heavy atom. The van der Waals surface area contributed by atoms with Crippen molar-refractivity contribution in [2.45, 2.75) is 96.0 Å². The Labute approximate surface area is 135 Å². The fourth-order valence-corrected chi connectivity index (χ4v) is 5.85. The topological polar surface area (TPSA) is 47.9 Å². The Hall–Kier alpha value is -0.383. The molecule has 2 rings (SSSR count). The van der Waals surface area contributed by atoms with E-state index in [1.807, 2.05) is 20.8 Å². The molecule has 1 unspecified atom stereocenters. The van der Waals surface area contributed by atoms with Crippen LogP contribution in [-0.4, -0.2) is 43.1 Å². The molecule has 0 aromatic rings. The minimum atomic E-state index is -1.58. The molecule has 5 heteroatoms. The summed E-state index contributed by atoms with van der Waals surface area (Å²) < 4.78 is 17.6. The number of hydrogen-bond donors (Lipinski definition) is 1. The van der Waals surface area contributed by atoms with Crippen molar-refractivity contribution in [3.63, 3.8) is 0 Å². The van der Waals surface area contributed by atoms with Gasteiger partial charge in [0.2, 0.25) is 0 Å². The Bertz CT molecular complexity index is 455. The van der Waals surface area contributed by atoms with Crippen molar-refractivity contribution in [2.24, 2.45) is 0 Å². The van der Waals surface area contributed by atoms with E-state index in [-0.39, 0.29) is 0 Å². The third-order valence-corrected chi connectivity index (χ3v) is 10.0. The maximum Gasteiger partial charge on any atom is 0.191 e. The predicted molar refractivity (Wildman–Crippen MR) is 88.9 cm³/mol. The van der Waals surface area contributed by atoms with Crippen molar-refractivity contribution in [1.29, 1.82) is 0 Å². The summed E-state index contributed by atoms with van der Waals surface area (Å²) in [6.07, 6.45) is -1.12. The van der Waals surface area contributed by atoms with Crippen molar-refractivity contribution in [2.75, 3.05) is 0 Å². The summed E-state index contributed by atoms with van der Waals surface area (Å²) >= 11 is 0. The summed E-state index contributed by atoms with van der Waals surface area (Å²) in [7, 11) is -1.58. The van der Waals surface area contributed by atoms with E-state index < -0.39 is 38.0 Å². The summed E-state index contributed by atoms with van der Waals surface area (Å²) in [5.74, 6) is 2.61. The molecule has 0 aromatic carbocycles. The molecule has 2 fully saturated rings. The van der Waals surface area contributed by atoms with Crippen LogP contribution < -0.4 is 0 Å². The Balaban J connectivity index is 2.26. The standard InChI is InChI=1S/C17H30O4Si/c1-7-17(11-12-22(8-2,9-3)10-4)14(18)13-15(21-17)20-16(5,6)19-13/h13-15,18H,7-10H2,1-6H3/t13?,14-,15+,17-/m0/s1. The molecule has 0 bridgehead atoms. The van der Waals surface area contributed by atoms with Gasteiger partial charge in [0.25, 0.3) is 0 Å². The van der Waals surface area contributed by atoms with E-state index in [1.54, 1.807) is 0 Å². The van der Waals surface area contributed by atoms with Crippen molar-refractivity contribution in [1.82, 2.24) is 0 Å². The lowest BCUT2D eigenvalue weighted by atomic mass is 9.93. The average Bonchev–Trinajstić information content (AvgIpc) is 2.93. The van der Waals surface area contributed by atoms with Gasteiger partial charge in [-0.1, -0.05) is 33.6 Å². The van der Waals surface area contributed by atoms with Crippen LogP contribution in [0.15, 0.2) is 0 Å². The third-order valence-electron chi connectivity index (χ3n) is 5.30. The van der Waals surface area contributed by atoms with E-state index in [0.29, 0.717) is 6.42 Å². The molecule has 2 aliphatic rings. The van der Waals surface area contributed by atoms with Gasteiger partial charge >= 0.3 is 0 Å². The second-order valence-electron chi connectivity index (χ2n) is 6.87. The SMILES string of the molecule is CC[C@@]1(C#C[Si](CC)(CC)CC)O[C@H]2OC(C)(C)OC2[C@@H]1O. The molecule has 4 atom stereocenters. The molecule has 0 spiro atoms. The van der Waals surface area contributed by atoms with Crippen LogP contribution in [0.1, 0.15) is 48.0 Å². The summed E-state index contributed by atoms with van der Waals surface area (Å²) in [5, 5.41) is 10.7. The normalized spacial score (nSPS) is 36.8. The van der Waals surface area contributed by atoms with Crippen molar-refractivity contribution < 1.29 is 19.3 Å². The van der Waals surface area contributed by atoms with Crippen molar-refractivity contribution in [3.05, 3.63) is 0 Å². The molecule has 2 saturated heterocycles. The van der Waals surface area contributed by atoms with E-state index in [4.69, 9.17) is 14.2 Å². The highest BCUT2D eigenvalue weighted by Crippen LogP contribution is 2.43. The van der Waals surface area contributed by atoms with Crippen molar-refractivity contribution in [3.8, 4) is 11.5 Å². The first kappa shape index (κ1) is 18.0. The average molecular weight is 327 g/mol. The molecule has 0 radical (unpaired) electrons. The van der Waals surface area contributed by atoms with Crippen LogP contribution >= 0.6 is 0 Å². The van der Waals surface area contributed by atoms with E-state index in [0.717, 1.165) is 18.1 Å². The zero-order chi connectivity index (χ0) is 16.6. The van der Waals surface area contributed by atoms with Gasteiger partial charge in [0.05, 0.1) is 0 Å². The quantitative estimate of drug-likeness (QED) is 0.637. The molecule has 0 amide bonds. The maximum atomic E-state index is 10.7. The van der Waals surface area contributed by atoms with Crippen LogP contribution in [0.3, 0.4) is 0 Å². The Morgan fingerprint density at radius 1 is 1.00 bits per heavy atom. The lowest BCUT2D eigenvalue weighted by Crippen LogP contribution is -2.44. The third kappa shape index (κ3) is 3.00. The van der Waals surface area contributed by atoms with Gasteiger partial charge in [0, 0.05) is 0 Å². The van der Waals surface area contributed by atoms with E-state index in [9.17, 15) is 5.11 Å². The minimum absolute atomic E-state index is 0.454. The zero-order valence-electron chi connectivity index (χ0n) is 14.7. The number of hydrogen-bond acceptors (Lipinski definition) is 4. The highest BCUT2D eigenvalue weighted by molar-refractivity contribution is 6.87. The fourth-order valence-electron chi connectivity index (χ4n) is 3.34. The summed E-state index contributed by atoms with van der Waals surface area (Å²) in [6, 6.07) is 3.40. The minimum Gasteiger partial charge on any atom is -0.386 e. The summed E-state index contributed by atoms with van der Waals surface area (Å²) in [5.41, 5.74) is 2.69. The fraction of sp³-hybridized carbons (Fsp3) is 0.882. The van der Waals surface area contributed by atoms with Crippen LogP contribution in [0.5, 0.6) is 0 Å².